The van der Waals surface area contributed by atoms with Crippen molar-refractivity contribution in [2.45, 2.75) is 64.6 Å². The lowest BCUT2D eigenvalue weighted by Crippen LogP contribution is -2.66. The van der Waals surface area contributed by atoms with Crippen molar-refractivity contribution in [1.29, 1.82) is 0 Å². The van der Waals surface area contributed by atoms with Crippen LogP contribution in [-0.2, 0) is 17.4 Å². The number of fused-ring (bicyclic) bond motifs is 1. The van der Waals surface area contributed by atoms with Crippen LogP contribution >= 0.6 is 0 Å². The van der Waals surface area contributed by atoms with Crippen molar-refractivity contribution >= 4 is 30.6 Å². The number of hydrogen-bond donors (Lipinski definition) is 2. The van der Waals surface area contributed by atoms with Crippen molar-refractivity contribution in [3.8, 4) is 0 Å². The van der Waals surface area contributed by atoms with Crippen LogP contribution in [0.2, 0.25) is 5.04 Å². The summed E-state index contributed by atoms with van der Waals surface area (Å²) in [4.78, 5) is 26.1. The van der Waals surface area contributed by atoms with Crippen LogP contribution in [-0.4, -0.2) is 53.0 Å². The Morgan fingerprint density at radius 3 is 2.18 bits per heavy atom. The molecule has 0 bridgehead atoms. The topological polar surface area (TPSA) is 95.5 Å². The second kappa shape index (κ2) is 11.1. The van der Waals surface area contributed by atoms with E-state index in [1.54, 1.807) is 0 Å². The van der Waals surface area contributed by atoms with Crippen LogP contribution in [0.5, 0.6) is 0 Å². The molecule has 2 N–H and O–H groups in total. The summed E-state index contributed by atoms with van der Waals surface area (Å²) in [5.41, 5.74) is 2.70. The van der Waals surface area contributed by atoms with E-state index < -0.39 is 14.4 Å². The van der Waals surface area contributed by atoms with Gasteiger partial charge in [-0.2, -0.15) is 5.10 Å². The highest BCUT2D eigenvalue weighted by atomic mass is 28.4. The average Bonchev–Trinajstić information content (AvgIpc) is 3.30. The highest BCUT2D eigenvalue weighted by molar-refractivity contribution is 6.99. The van der Waals surface area contributed by atoms with Crippen LogP contribution in [0.3, 0.4) is 0 Å². The molecule has 0 spiro atoms. The van der Waals surface area contributed by atoms with Crippen LogP contribution in [0.4, 0.5) is 4.79 Å². The molecule has 3 aromatic rings. The number of carbonyl (C=O) groups is 2. The van der Waals surface area contributed by atoms with E-state index in [1.807, 2.05) is 19.1 Å². The molecule has 8 heteroatoms. The number of rotatable bonds is 9. The SMILES string of the molecule is C=C(CCC(=O)c1n[nH]c2c1CN(C(=O)O)C(C)C2)CO[Si](c1ccccc1)(c1ccccc1)C(C)(C)C. The van der Waals surface area contributed by atoms with E-state index in [4.69, 9.17) is 4.43 Å². The third-order valence-electron chi connectivity index (χ3n) is 7.44. The largest absolute Gasteiger partial charge is 0.465 e. The lowest BCUT2D eigenvalue weighted by molar-refractivity contribution is 0.0968. The number of nitrogens with one attached hydrogen (secondary N) is 1. The Bertz CT molecular complexity index is 1260. The summed E-state index contributed by atoms with van der Waals surface area (Å²) in [6.07, 6.45) is 0.234. The van der Waals surface area contributed by atoms with Crippen LogP contribution in [0.15, 0.2) is 72.8 Å². The molecule has 1 aromatic heterocycles. The summed E-state index contributed by atoms with van der Waals surface area (Å²) in [7, 11) is -2.69. The van der Waals surface area contributed by atoms with Gasteiger partial charge in [0.2, 0.25) is 0 Å². The lowest BCUT2D eigenvalue weighted by atomic mass is 9.97. The van der Waals surface area contributed by atoms with Gasteiger partial charge < -0.3 is 14.4 Å². The fourth-order valence-corrected chi connectivity index (χ4v) is 9.99. The maximum absolute atomic E-state index is 13.1. The minimum atomic E-state index is -2.69. The number of nitrogens with zero attached hydrogens (tertiary/aromatic N) is 2. The molecule has 4 rings (SSSR count). The zero-order chi connectivity index (χ0) is 27.5. The summed E-state index contributed by atoms with van der Waals surface area (Å²) in [6, 6.07) is 20.7. The maximum Gasteiger partial charge on any atom is 0.407 e. The predicted molar refractivity (Wildman–Crippen MR) is 152 cm³/mol. The molecular weight excluding hydrogens is 494 g/mol. The smallest absolute Gasteiger partial charge is 0.407 e. The van der Waals surface area contributed by atoms with Gasteiger partial charge in [-0.15, -0.1) is 0 Å². The molecule has 2 aromatic carbocycles. The number of aromatic nitrogens is 2. The van der Waals surface area contributed by atoms with E-state index in [0.717, 1.165) is 11.3 Å². The first-order valence-electron chi connectivity index (χ1n) is 13.0. The molecule has 7 nitrogen and oxygen atoms in total. The average molecular weight is 532 g/mol. The Kier molecular flexibility index (Phi) is 8.04. The van der Waals surface area contributed by atoms with E-state index in [-0.39, 0.29) is 29.8 Å². The Morgan fingerprint density at radius 2 is 1.66 bits per heavy atom. The van der Waals surface area contributed by atoms with Crippen LogP contribution in [0.25, 0.3) is 0 Å². The molecule has 0 aliphatic carbocycles. The normalized spacial score (nSPS) is 15.7. The molecule has 1 aliphatic heterocycles. The Hall–Kier alpha value is -3.49. The van der Waals surface area contributed by atoms with Crippen molar-refractivity contribution in [2.75, 3.05) is 6.61 Å². The molecule has 0 saturated carbocycles. The van der Waals surface area contributed by atoms with E-state index in [0.29, 0.717) is 30.7 Å². The summed E-state index contributed by atoms with van der Waals surface area (Å²) in [6.45, 7) is 13.3. The zero-order valence-corrected chi connectivity index (χ0v) is 23.7. The molecule has 38 heavy (non-hydrogen) atoms. The van der Waals surface area contributed by atoms with Crippen LogP contribution in [0, 0.1) is 0 Å². The second-order valence-corrected chi connectivity index (χ2v) is 15.4. The van der Waals surface area contributed by atoms with Crippen molar-refractivity contribution in [1.82, 2.24) is 15.1 Å². The number of H-pyrrole nitrogens is 1. The van der Waals surface area contributed by atoms with Gasteiger partial charge in [0.05, 0.1) is 13.2 Å². The minimum absolute atomic E-state index is 0.117. The fourth-order valence-electron chi connectivity index (χ4n) is 5.41. The molecule has 0 fully saturated rings. The van der Waals surface area contributed by atoms with Gasteiger partial charge in [-0.3, -0.25) is 9.89 Å². The monoisotopic (exact) mass is 531 g/mol. The standard InChI is InChI=1S/C30H37N3O4Si/c1-21(16-17-27(34)28-25-19-33(29(35)36)22(2)18-26(25)31-32-28)20-37-38(30(3,4)5,23-12-8-6-9-13-23)24-14-10-7-11-15-24/h6-15,22H,1,16-20H2,2-5H3,(H,31,32)(H,35,36). The predicted octanol–water partition coefficient (Wildman–Crippen LogP) is 4.93. The van der Waals surface area contributed by atoms with Gasteiger partial charge in [0.15, 0.2) is 5.78 Å². The highest BCUT2D eigenvalue weighted by Gasteiger charge is 2.50. The van der Waals surface area contributed by atoms with E-state index in [2.05, 4.69) is 86.1 Å². The number of Topliss-reactive ketones (excluding diaryl/α,β-unsaturated/α-hetero) is 1. The number of carbonyl (C=O) groups excluding carboxylic acids is 1. The first-order valence-corrected chi connectivity index (χ1v) is 15.0. The Morgan fingerprint density at radius 1 is 1.08 bits per heavy atom. The lowest BCUT2D eigenvalue weighted by Gasteiger charge is -2.43. The van der Waals surface area contributed by atoms with Crippen molar-refractivity contribution in [3.63, 3.8) is 0 Å². The van der Waals surface area contributed by atoms with E-state index in [9.17, 15) is 14.7 Å². The molecule has 0 radical (unpaired) electrons. The number of hydrogen-bond acceptors (Lipinski definition) is 4. The van der Waals surface area contributed by atoms with Crippen LogP contribution in [0.1, 0.15) is 62.3 Å². The summed E-state index contributed by atoms with van der Waals surface area (Å²) in [5, 5.41) is 19.0. The van der Waals surface area contributed by atoms with Crippen molar-refractivity contribution in [2.24, 2.45) is 0 Å². The first-order chi connectivity index (χ1) is 18.0. The van der Waals surface area contributed by atoms with Crippen molar-refractivity contribution < 1.29 is 19.1 Å². The molecule has 1 atom stereocenters. The molecule has 2 heterocycles. The van der Waals surface area contributed by atoms with Gasteiger partial charge in [-0.1, -0.05) is 93.6 Å². The second-order valence-electron chi connectivity index (χ2n) is 11.1. The minimum Gasteiger partial charge on any atom is -0.465 e. The molecule has 200 valence electrons. The highest BCUT2D eigenvalue weighted by Crippen LogP contribution is 2.37. The molecule has 1 aliphatic rings. The quantitative estimate of drug-likeness (QED) is 0.232. The number of benzene rings is 2. The molecular formula is C30H37N3O4Si. The summed E-state index contributed by atoms with van der Waals surface area (Å²) < 4.78 is 6.93. The van der Waals surface area contributed by atoms with Crippen molar-refractivity contribution in [3.05, 3.63) is 89.8 Å². The van der Waals surface area contributed by atoms with Gasteiger partial charge >= 0.3 is 6.09 Å². The van der Waals surface area contributed by atoms with Gasteiger partial charge in [-0.25, -0.2) is 4.79 Å². The van der Waals surface area contributed by atoms with Gasteiger partial charge in [0.1, 0.15) is 5.69 Å². The first kappa shape index (κ1) is 27.5. The fraction of sp³-hybridized carbons (Fsp3) is 0.367. The Labute approximate surface area is 225 Å². The number of carboxylic acid groups (broad SMARTS) is 1. The third kappa shape index (κ3) is 5.37. The summed E-state index contributed by atoms with van der Waals surface area (Å²) in [5.74, 6) is -0.117. The summed E-state index contributed by atoms with van der Waals surface area (Å²) >= 11 is 0. The van der Waals surface area contributed by atoms with Crippen LogP contribution < -0.4 is 10.4 Å². The van der Waals surface area contributed by atoms with Gasteiger partial charge in [-0.05, 0) is 28.8 Å². The van der Waals surface area contributed by atoms with Gasteiger partial charge in [0.25, 0.3) is 8.32 Å². The number of aromatic amines is 1. The number of ketones is 1. The van der Waals surface area contributed by atoms with Gasteiger partial charge in [0, 0.05) is 30.1 Å². The van der Waals surface area contributed by atoms with E-state index in [1.165, 1.54) is 15.3 Å². The maximum atomic E-state index is 13.1. The number of amides is 1. The molecule has 1 amide bonds. The third-order valence-corrected chi connectivity index (χ3v) is 12.4. The zero-order valence-electron chi connectivity index (χ0n) is 22.7. The molecule has 1 unspecified atom stereocenters. The molecule has 0 saturated heterocycles. The van der Waals surface area contributed by atoms with E-state index >= 15 is 0 Å². The Balaban J connectivity index is 1.48.